The lowest BCUT2D eigenvalue weighted by molar-refractivity contribution is 0.0166. The van der Waals surface area contributed by atoms with Crippen LogP contribution in [0.4, 0.5) is 14.5 Å². The second-order valence-electron chi connectivity index (χ2n) is 9.02. The summed E-state index contributed by atoms with van der Waals surface area (Å²) < 4.78 is 30.2. The number of benzene rings is 2. The highest BCUT2D eigenvalue weighted by atomic mass is 19.3. The maximum atomic E-state index is 14.1. The number of aromatic nitrogens is 3. The number of aryl methyl sites for hydroxylation is 1. The van der Waals surface area contributed by atoms with E-state index in [0.717, 1.165) is 31.2 Å². The fourth-order valence-corrected chi connectivity index (χ4v) is 5.32. The van der Waals surface area contributed by atoms with Crippen LogP contribution in [0, 0.1) is 5.92 Å². The standard InChI is InChI=1S/C24H24F2N4O/c1-15-11-24(12-15,22-28-27-14-29(22)3)16-6-4-7-17(10-16)30-13-19-18(21(30)31)8-5-9-20(19)23(2,25)26/h4-10,14-15H,11-13H2,1-3H3. The van der Waals surface area contributed by atoms with Crippen molar-refractivity contribution in [2.24, 2.45) is 13.0 Å². The van der Waals surface area contributed by atoms with Gasteiger partial charge in [-0.15, -0.1) is 10.2 Å². The van der Waals surface area contributed by atoms with E-state index in [1.54, 1.807) is 17.3 Å². The largest absolute Gasteiger partial charge is 0.320 e. The fraction of sp³-hybridized carbons (Fsp3) is 0.375. The molecule has 0 atom stereocenters. The van der Waals surface area contributed by atoms with Crippen LogP contribution in [0.1, 0.15) is 59.6 Å². The van der Waals surface area contributed by atoms with Gasteiger partial charge in [0.2, 0.25) is 0 Å². The predicted octanol–water partition coefficient (Wildman–Crippen LogP) is 4.80. The summed E-state index contributed by atoms with van der Waals surface area (Å²) in [4.78, 5) is 14.7. The van der Waals surface area contributed by atoms with Crippen molar-refractivity contribution in [1.82, 2.24) is 14.8 Å². The highest BCUT2D eigenvalue weighted by molar-refractivity contribution is 6.10. The Bertz CT molecular complexity index is 1170. The molecule has 2 aliphatic rings. The predicted molar refractivity (Wildman–Crippen MR) is 113 cm³/mol. The lowest BCUT2D eigenvalue weighted by Gasteiger charge is -2.46. The van der Waals surface area contributed by atoms with Crippen LogP contribution in [0.15, 0.2) is 48.8 Å². The van der Waals surface area contributed by atoms with Crippen molar-refractivity contribution in [3.05, 3.63) is 76.9 Å². The molecule has 2 aromatic carbocycles. The van der Waals surface area contributed by atoms with Crippen LogP contribution < -0.4 is 4.90 Å². The Morgan fingerprint density at radius 1 is 1.16 bits per heavy atom. The van der Waals surface area contributed by atoms with Gasteiger partial charge in [-0.25, -0.2) is 8.78 Å². The van der Waals surface area contributed by atoms with Gasteiger partial charge in [-0.3, -0.25) is 4.79 Å². The number of rotatable bonds is 4. The van der Waals surface area contributed by atoms with Crippen LogP contribution in [0.3, 0.4) is 0 Å². The Morgan fingerprint density at radius 3 is 2.55 bits per heavy atom. The lowest BCUT2D eigenvalue weighted by atomic mass is 9.58. The highest BCUT2D eigenvalue weighted by Crippen LogP contribution is 2.52. The van der Waals surface area contributed by atoms with Crippen LogP contribution in [-0.4, -0.2) is 20.7 Å². The van der Waals surface area contributed by atoms with E-state index in [1.165, 1.54) is 12.1 Å². The summed E-state index contributed by atoms with van der Waals surface area (Å²) in [6.45, 7) is 3.23. The number of carbonyl (C=O) groups excluding carboxylic acids is 1. The minimum absolute atomic E-state index is 0.0830. The topological polar surface area (TPSA) is 51.0 Å². The number of nitrogens with zero attached hydrogens (tertiary/aromatic N) is 4. The van der Waals surface area contributed by atoms with Gasteiger partial charge >= 0.3 is 0 Å². The lowest BCUT2D eigenvalue weighted by Crippen LogP contribution is -2.43. The number of amides is 1. The summed E-state index contributed by atoms with van der Waals surface area (Å²) >= 11 is 0. The molecule has 1 aliphatic heterocycles. The Hall–Kier alpha value is -3.09. The Labute approximate surface area is 179 Å². The summed E-state index contributed by atoms with van der Waals surface area (Å²) in [6.07, 6.45) is 3.60. The first-order chi connectivity index (χ1) is 14.7. The normalized spacial score (nSPS) is 23.1. The Kier molecular flexibility index (Phi) is 4.29. The van der Waals surface area contributed by atoms with E-state index < -0.39 is 5.92 Å². The van der Waals surface area contributed by atoms with Crippen molar-refractivity contribution < 1.29 is 13.6 Å². The summed E-state index contributed by atoms with van der Waals surface area (Å²) in [5.74, 6) is -1.77. The van der Waals surface area contributed by atoms with Crippen LogP contribution in [0.2, 0.25) is 0 Å². The molecule has 3 aromatic rings. The van der Waals surface area contributed by atoms with Gasteiger partial charge in [-0.05, 0) is 48.1 Å². The molecule has 1 fully saturated rings. The van der Waals surface area contributed by atoms with Gasteiger partial charge in [0.15, 0.2) is 0 Å². The molecular formula is C24H24F2N4O. The minimum atomic E-state index is -3.00. The molecule has 0 saturated heterocycles. The van der Waals surface area contributed by atoms with Crippen molar-refractivity contribution in [2.75, 3.05) is 4.90 Å². The molecule has 0 N–H and O–H groups in total. The monoisotopic (exact) mass is 422 g/mol. The van der Waals surface area contributed by atoms with Gasteiger partial charge in [0, 0.05) is 30.8 Å². The van der Waals surface area contributed by atoms with E-state index in [1.807, 2.05) is 29.8 Å². The molecule has 1 amide bonds. The van der Waals surface area contributed by atoms with Crippen molar-refractivity contribution in [3.63, 3.8) is 0 Å². The average Bonchev–Trinajstić information content (AvgIpc) is 3.28. The second kappa shape index (κ2) is 6.70. The number of halogens is 2. The van der Waals surface area contributed by atoms with Crippen molar-refractivity contribution in [1.29, 1.82) is 0 Å². The van der Waals surface area contributed by atoms with Crippen LogP contribution >= 0.6 is 0 Å². The fourth-order valence-electron chi connectivity index (χ4n) is 5.32. The van der Waals surface area contributed by atoms with Crippen LogP contribution in [0.25, 0.3) is 0 Å². The van der Waals surface area contributed by atoms with E-state index >= 15 is 0 Å². The first kappa shape index (κ1) is 19.8. The Morgan fingerprint density at radius 2 is 1.90 bits per heavy atom. The van der Waals surface area contributed by atoms with E-state index in [2.05, 4.69) is 23.2 Å². The van der Waals surface area contributed by atoms with Crippen molar-refractivity contribution >= 4 is 11.6 Å². The van der Waals surface area contributed by atoms with Crippen LogP contribution in [-0.2, 0) is 24.9 Å². The summed E-state index contributed by atoms with van der Waals surface area (Å²) in [5, 5.41) is 8.45. The number of fused-ring (bicyclic) bond motifs is 1. The van der Waals surface area contributed by atoms with E-state index in [0.29, 0.717) is 22.7 Å². The molecule has 5 nitrogen and oxygen atoms in total. The molecule has 0 unspecified atom stereocenters. The average molecular weight is 422 g/mol. The molecule has 1 aromatic heterocycles. The number of alkyl halides is 2. The van der Waals surface area contributed by atoms with Gasteiger partial charge in [0.25, 0.3) is 11.8 Å². The molecule has 160 valence electrons. The molecule has 1 aliphatic carbocycles. The zero-order valence-corrected chi connectivity index (χ0v) is 17.8. The minimum Gasteiger partial charge on any atom is -0.320 e. The molecule has 0 spiro atoms. The van der Waals surface area contributed by atoms with E-state index in [-0.39, 0.29) is 23.4 Å². The Balaban J connectivity index is 1.55. The van der Waals surface area contributed by atoms with E-state index in [9.17, 15) is 13.6 Å². The molecule has 7 heteroatoms. The highest BCUT2D eigenvalue weighted by Gasteiger charge is 2.48. The first-order valence-corrected chi connectivity index (χ1v) is 10.5. The SMILES string of the molecule is CC1CC(c2cccc(N3Cc4c(cccc4C(C)(F)F)C3=O)c2)(c2nncn2C)C1. The summed E-state index contributed by atoms with van der Waals surface area (Å²) in [5.41, 5.74) is 2.21. The van der Waals surface area contributed by atoms with Gasteiger partial charge in [-0.2, -0.15) is 0 Å². The number of hydrogen-bond acceptors (Lipinski definition) is 3. The molecule has 1 saturated carbocycles. The third-order valence-corrected chi connectivity index (χ3v) is 6.68. The van der Waals surface area contributed by atoms with Gasteiger partial charge in [-0.1, -0.05) is 31.2 Å². The molecule has 2 heterocycles. The maximum Gasteiger partial charge on any atom is 0.270 e. The molecular weight excluding hydrogens is 398 g/mol. The van der Waals surface area contributed by atoms with Crippen LogP contribution in [0.5, 0.6) is 0 Å². The zero-order chi connectivity index (χ0) is 22.0. The molecule has 31 heavy (non-hydrogen) atoms. The first-order valence-electron chi connectivity index (χ1n) is 10.5. The van der Waals surface area contributed by atoms with Crippen molar-refractivity contribution in [2.45, 2.75) is 44.6 Å². The van der Waals surface area contributed by atoms with Gasteiger partial charge < -0.3 is 9.47 Å². The number of anilines is 1. The number of hydrogen-bond donors (Lipinski definition) is 0. The molecule has 5 rings (SSSR count). The number of carbonyl (C=O) groups is 1. The summed E-state index contributed by atoms with van der Waals surface area (Å²) in [7, 11) is 1.94. The maximum absolute atomic E-state index is 14.1. The smallest absolute Gasteiger partial charge is 0.270 e. The third-order valence-electron chi connectivity index (χ3n) is 6.68. The van der Waals surface area contributed by atoms with Gasteiger partial charge in [0.1, 0.15) is 12.2 Å². The third kappa shape index (κ3) is 2.98. The second-order valence-corrected chi connectivity index (χ2v) is 9.02. The zero-order valence-electron chi connectivity index (χ0n) is 17.8. The van der Waals surface area contributed by atoms with E-state index in [4.69, 9.17) is 0 Å². The quantitative estimate of drug-likeness (QED) is 0.607. The summed E-state index contributed by atoms with van der Waals surface area (Å²) in [6, 6.07) is 12.4. The van der Waals surface area contributed by atoms with Crippen molar-refractivity contribution in [3.8, 4) is 0 Å². The van der Waals surface area contributed by atoms with Gasteiger partial charge in [0.05, 0.1) is 12.0 Å². The molecule has 0 radical (unpaired) electrons. The molecule has 0 bridgehead atoms.